The van der Waals surface area contributed by atoms with Crippen molar-refractivity contribution in [2.24, 2.45) is 5.10 Å². The average molecular weight is 724 g/mol. The van der Waals surface area contributed by atoms with Crippen LogP contribution in [0.2, 0.25) is 0 Å². The predicted molar refractivity (Wildman–Crippen MR) is 235 cm³/mol. The summed E-state index contributed by atoms with van der Waals surface area (Å²) < 4.78 is 2.04. The molecule has 5 nitrogen and oxygen atoms in total. The van der Waals surface area contributed by atoms with Crippen LogP contribution in [0.25, 0.3) is 28.1 Å². The molecule has 1 aromatic heterocycles. The third-order valence-electron chi connectivity index (χ3n) is 10.7. The summed E-state index contributed by atoms with van der Waals surface area (Å²) >= 11 is 0. The molecule has 0 bridgehead atoms. The Hall–Kier alpha value is -6.92. The Morgan fingerprint density at radius 3 is 1.64 bits per heavy atom. The van der Waals surface area contributed by atoms with Crippen LogP contribution in [0.3, 0.4) is 0 Å². The summed E-state index contributed by atoms with van der Waals surface area (Å²) in [5.41, 5.74) is 16.1. The minimum Gasteiger partial charge on any atom is -0.304 e. The number of hydrazone groups is 1. The lowest BCUT2D eigenvalue weighted by molar-refractivity contribution is 0.885. The van der Waals surface area contributed by atoms with Crippen LogP contribution in [-0.2, 0) is 0 Å². The molecule has 7 aromatic carbocycles. The second kappa shape index (κ2) is 15.1. The van der Waals surface area contributed by atoms with Crippen molar-refractivity contribution >= 4 is 40.3 Å². The topological polar surface area (TPSA) is 36.7 Å². The molecule has 0 saturated carbocycles. The van der Waals surface area contributed by atoms with Crippen molar-refractivity contribution < 1.29 is 0 Å². The Bertz CT molecular complexity index is 2570. The Morgan fingerprint density at radius 2 is 1.02 bits per heavy atom. The number of aromatic nitrogens is 2. The Morgan fingerprint density at radius 1 is 0.500 bits per heavy atom. The summed E-state index contributed by atoms with van der Waals surface area (Å²) in [6.45, 7) is 7.25. The van der Waals surface area contributed by atoms with E-state index in [0.717, 1.165) is 50.8 Å². The van der Waals surface area contributed by atoms with Crippen molar-refractivity contribution in [2.45, 2.75) is 20.8 Å². The van der Waals surface area contributed by atoms with Crippen molar-refractivity contribution in [1.29, 1.82) is 0 Å². The van der Waals surface area contributed by atoms with Gasteiger partial charge in [-0.15, -0.1) is 0 Å². The van der Waals surface area contributed by atoms with Gasteiger partial charge in [-0.3, -0.25) is 0 Å². The van der Waals surface area contributed by atoms with Gasteiger partial charge in [0.1, 0.15) is 12.4 Å². The smallest absolute Gasteiger partial charge is 0.242 e. The zero-order valence-corrected chi connectivity index (χ0v) is 31.9. The Balaban J connectivity index is 1.15. The van der Waals surface area contributed by atoms with E-state index in [2.05, 4.69) is 207 Å². The first-order valence-electron chi connectivity index (χ1n) is 19.2. The Kier molecular flexibility index (Phi) is 9.38. The summed E-state index contributed by atoms with van der Waals surface area (Å²) in [5, 5.41) is 12.6. The highest BCUT2D eigenvalue weighted by atomic mass is 15.6. The minimum atomic E-state index is -0.0290. The minimum absolute atomic E-state index is 0.0290. The summed E-state index contributed by atoms with van der Waals surface area (Å²) in [6.07, 6.45) is 2.17. The number of aryl methyl sites for hydroxylation is 3. The van der Waals surface area contributed by atoms with Gasteiger partial charge in [0, 0.05) is 28.6 Å². The molecule has 56 heavy (non-hydrogen) atoms. The molecule has 0 fully saturated rings. The molecular formula is C50H42BN5. The van der Waals surface area contributed by atoms with Gasteiger partial charge in [0.05, 0.1) is 11.4 Å². The lowest BCUT2D eigenvalue weighted by Gasteiger charge is -2.24. The highest BCUT2D eigenvalue weighted by Crippen LogP contribution is 2.32. The first kappa shape index (κ1) is 34.8. The second-order valence-electron chi connectivity index (χ2n) is 14.6. The number of anilines is 2. The highest BCUT2D eigenvalue weighted by Gasteiger charge is 2.30. The number of nitrogens with zero attached hydrogens (tertiary/aromatic N) is 5. The summed E-state index contributed by atoms with van der Waals surface area (Å²) in [7, 11) is 0. The fraction of sp³-hybridized carbons (Fsp3) is 0.0800. The van der Waals surface area contributed by atoms with Gasteiger partial charge >= 0.3 is 0 Å². The third kappa shape index (κ3) is 6.82. The highest BCUT2D eigenvalue weighted by molar-refractivity contribution is 6.96. The SMILES string of the molecule is Cc1cc(C)c(B(c2cccc(N3CN(c4ccccc4)C(c4ccccc4)=N3)c2)c2cccc(-n3cc(-c4ccccc4)c(-c4ccccc4)n3)c2)c(C)c1. The van der Waals surface area contributed by atoms with Crippen molar-refractivity contribution in [1.82, 2.24) is 9.78 Å². The van der Waals surface area contributed by atoms with Gasteiger partial charge in [-0.1, -0.05) is 179 Å². The van der Waals surface area contributed by atoms with Crippen LogP contribution in [0, 0.1) is 20.8 Å². The maximum absolute atomic E-state index is 5.26. The van der Waals surface area contributed by atoms with Crippen LogP contribution in [0.15, 0.2) is 193 Å². The van der Waals surface area contributed by atoms with E-state index in [4.69, 9.17) is 10.2 Å². The molecule has 0 spiro atoms. The normalized spacial score (nSPS) is 12.5. The van der Waals surface area contributed by atoms with Crippen LogP contribution < -0.4 is 26.3 Å². The van der Waals surface area contributed by atoms with E-state index in [-0.39, 0.29) is 6.71 Å². The fourth-order valence-electron chi connectivity index (χ4n) is 8.18. The van der Waals surface area contributed by atoms with Gasteiger partial charge < -0.3 is 4.90 Å². The number of hydrogen-bond donors (Lipinski definition) is 0. The molecule has 0 aliphatic carbocycles. The van der Waals surface area contributed by atoms with Crippen LogP contribution in [-0.4, -0.2) is 29.0 Å². The third-order valence-corrected chi connectivity index (χ3v) is 10.7. The van der Waals surface area contributed by atoms with E-state index in [1.807, 2.05) is 16.8 Å². The van der Waals surface area contributed by atoms with Crippen LogP contribution in [0.4, 0.5) is 11.4 Å². The zero-order chi connectivity index (χ0) is 38.0. The number of hydrogen-bond acceptors (Lipinski definition) is 4. The van der Waals surface area contributed by atoms with E-state index >= 15 is 0 Å². The van der Waals surface area contributed by atoms with E-state index < -0.39 is 0 Å². The molecule has 0 saturated heterocycles. The molecule has 0 unspecified atom stereocenters. The molecule has 0 atom stereocenters. The fourth-order valence-corrected chi connectivity index (χ4v) is 8.18. The van der Waals surface area contributed by atoms with Gasteiger partial charge in [0.25, 0.3) is 0 Å². The van der Waals surface area contributed by atoms with E-state index in [1.54, 1.807) is 0 Å². The molecule has 8 aromatic rings. The molecule has 9 rings (SSSR count). The monoisotopic (exact) mass is 723 g/mol. The van der Waals surface area contributed by atoms with Gasteiger partial charge in [-0.2, -0.15) is 10.2 Å². The Labute approximate surface area is 329 Å². The summed E-state index contributed by atoms with van der Waals surface area (Å²) in [4.78, 5) is 2.29. The lowest BCUT2D eigenvalue weighted by Crippen LogP contribution is -2.54. The van der Waals surface area contributed by atoms with Crippen molar-refractivity contribution in [2.75, 3.05) is 16.6 Å². The maximum atomic E-state index is 5.26. The van der Waals surface area contributed by atoms with Gasteiger partial charge in [-0.05, 0) is 62.7 Å². The largest absolute Gasteiger partial charge is 0.304 e. The first-order valence-corrected chi connectivity index (χ1v) is 19.2. The molecule has 1 aliphatic heterocycles. The van der Waals surface area contributed by atoms with Gasteiger partial charge in [0.15, 0.2) is 5.84 Å². The summed E-state index contributed by atoms with van der Waals surface area (Å²) in [6, 6.07) is 64.4. The number of rotatable bonds is 9. The standard InChI is InChI=1S/C50H42BN5/c1-36-30-37(2)48(38(3)31-36)51(42-24-16-28-45(32-42)55-34-47(39-18-8-4-9-19-39)49(52-55)40-20-10-5-11-21-40)43-25-17-29-46(33-43)56-35-54(44-26-14-7-15-27-44)50(53-56)41-22-12-6-13-23-41/h4-34H,35H2,1-3H3. The van der Waals surface area contributed by atoms with Crippen LogP contribution >= 0.6 is 0 Å². The van der Waals surface area contributed by atoms with E-state index in [1.165, 1.54) is 33.1 Å². The molecule has 2 heterocycles. The van der Waals surface area contributed by atoms with Gasteiger partial charge in [-0.25, -0.2) is 9.69 Å². The summed E-state index contributed by atoms with van der Waals surface area (Å²) in [5.74, 6) is 0.931. The molecule has 270 valence electrons. The lowest BCUT2D eigenvalue weighted by atomic mass is 9.35. The van der Waals surface area contributed by atoms with Crippen molar-refractivity contribution in [3.05, 3.63) is 210 Å². The number of amidine groups is 1. The van der Waals surface area contributed by atoms with Crippen molar-refractivity contribution in [3.8, 4) is 28.1 Å². The van der Waals surface area contributed by atoms with Crippen LogP contribution in [0.1, 0.15) is 22.3 Å². The molecule has 6 heteroatoms. The number of benzene rings is 7. The molecular weight excluding hydrogens is 681 g/mol. The second-order valence-corrected chi connectivity index (χ2v) is 14.6. The average Bonchev–Trinajstić information content (AvgIpc) is 3.90. The van der Waals surface area contributed by atoms with Crippen molar-refractivity contribution in [3.63, 3.8) is 0 Å². The van der Waals surface area contributed by atoms with E-state index in [0.29, 0.717) is 6.67 Å². The predicted octanol–water partition coefficient (Wildman–Crippen LogP) is 9.29. The zero-order valence-electron chi connectivity index (χ0n) is 31.9. The molecule has 1 aliphatic rings. The first-order chi connectivity index (χ1) is 27.5. The van der Waals surface area contributed by atoms with Crippen LogP contribution in [0.5, 0.6) is 0 Å². The van der Waals surface area contributed by atoms with E-state index in [9.17, 15) is 0 Å². The molecule has 0 radical (unpaired) electrons. The maximum Gasteiger partial charge on any atom is 0.242 e. The van der Waals surface area contributed by atoms with Gasteiger partial charge in [0.2, 0.25) is 6.71 Å². The number of para-hydroxylation sites is 1. The quantitative estimate of drug-likeness (QED) is 0.139. The molecule has 0 N–H and O–H groups in total. The molecule has 0 amide bonds.